The minimum atomic E-state index is -1.13. The van der Waals surface area contributed by atoms with Crippen LogP contribution in [0.3, 0.4) is 0 Å². The standard InChI is InChI=1S/C12H10O5/c1-7-2-3-10-8(4-7)9(13)5-12(17-10)16-6-11(14)15/h2-5H,6H2,1H3,(H,14,15). The van der Waals surface area contributed by atoms with Gasteiger partial charge in [0.1, 0.15) is 5.58 Å². The molecule has 0 aliphatic rings. The fourth-order valence-corrected chi connectivity index (χ4v) is 1.45. The third kappa shape index (κ3) is 2.44. The topological polar surface area (TPSA) is 76.7 Å². The zero-order valence-corrected chi connectivity index (χ0v) is 9.10. The first-order valence-corrected chi connectivity index (χ1v) is 4.95. The highest BCUT2D eigenvalue weighted by Crippen LogP contribution is 2.18. The van der Waals surface area contributed by atoms with Crippen molar-refractivity contribution in [2.45, 2.75) is 6.92 Å². The van der Waals surface area contributed by atoms with Crippen LogP contribution in [-0.2, 0) is 4.79 Å². The van der Waals surface area contributed by atoms with Gasteiger partial charge >= 0.3 is 5.97 Å². The summed E-state index contributed by atoms with van der Waals surface area (Å²) in [6.07, 6.45) is 0. The van der Waals surface area contributed by atoms with E-state index in [2.05, 4.69) is 0 Å². The van der Waals surface area contributed by atoms with Gasteiger partial charge in [-0.15, -0.1) is 0 Å². The van der Waals surface area contributed by atoms with Crippen molar-refractivity contribution in [2.75, 3.05) is 6.61 Å². The summed E-state index contributed by atoms with van der Waals surface area (Å²) < 4.78 is 10.1. The van der Waals surface area contributed by atoms with E-state index in [1.807, 2.05) is 6.92 Å². The van der Waals surface area contributed by atoms with Gasteiger partial charge in [0.05, 0.1) is 11.5 Å². The first-order valence-electron chi connectivity index (χ1n) is 4.95. The van der Waals surface area contributed by atoms with Gasteiger partial charge in [0.25, 0.3) is 5.95 Å². The van der Waals surface area contributed by atoms with E-state index in [9.17, 15) is 9.59 Å². The summed E-state index contributed by atoms with van der Waals surface area (Å²) >= 11 is 0. The normalized spacial score (nSPS) is 10.4. The van der Waals surface area contributed by atoms with E-state index in [1.165, 1.54) is 0 Å². The molecule has 0 unspecified atom stereocenters. The number of carboxylic acids is 1. The van der Waals surface area contributed by atoms with E-state index < -0.39 is 12.6 Å². The van der Waals surface area contributed by atoms with Crippen molar-refractivity contribution < 1.29 is 19.1 Å². The van der Waals surface area contributed by atoms with Gasteiger partial charge in [-0.2, -0.15) is 0 Å². The average molecular weight is 234 g/mol. The molecular formula is C12H10O5. The lowest BCUT2D eigenvalue weighted by atomic mass is 10.1. The van der Waals surface area contributed by atoms with Crippen molar-refractivity contribution in [3.05, 3.63) is 40.1 Å². The van der Waals surface area contributed by atoms with Crippen LogP contribution in [0, 0.1) is 6.92 Å². The molecule has 1 aromatic carbocycles. The molecule has 0 radical (unpaired) electrons. The molecule has 2 rings (SSSR count). The van der Waals surface area contributed by atoms with Crippen LogP contribution in [-0.4, -0.2) is 17.7 Å². The molecule has 0 aliphatic heterocycles. The lowest BCUT2D eigenvalue weighted by Crippen LogP contribution is -2.11. The molecule has 17 heavy (non-hydrogen) atoms. The van der Waals surface area contributed by atoms with Crippen molar-refractivity contribution in [2.24, 2.45) is 0 Å². The van der Waals surface area contributed by atoms with Crippen molar-refractivity contribution >= 4 is 16.9 Å². The second kappa shape index (κ2) is 4.29. The van der Waals surface area contributed by atoms with E-state index in [1.54, 1.807) is 18.2 Å². The second-order valence-corrected chi connectivity index (χ2v) is 3.61. The van der Waals surface area contributed by atoms with E-state index in [-0.39, 0.29) is 11.4 Å². The summed E-state index contributed by atoms with van der Waals surface area (Å²) in [4.78, 5) is 22.0. The maximum absolute atomic E-state index is 11.7. The maximum Gasteiger partial charge on any atom is 0.341 e. The van der Waals surface area contributed by atoms with Crippen LogP contribution < -0.4 is 10.2 Å². The molecule has 0 fully saturated rings. The Morgan fingerprint density at radius 2 is 2.18 bits per heavy atom. The molecule has 88 valence electrons. The van der Waals surface area contributed by atoms with Crippen LogP contribution in [0.15, 0.2) is 33.5 Å². The molecular weight excluding hydrogens is 224 g/mol. The quantitative estimate of drug-likeness (QED) is 0.872. The number of hydrogen-bond donors (Lipinski definition) is 1. The Hall–Kier alpha value is -2.30. The van der Waals surface area contributed by atoms with E-state index in [0.717, 1.165) is 11.6 Å². The SMILES string of the molecule is Cc1ccc2oc(OCC(=O)O)cc(=O)c2c1. The van der Waals surface area contributed by atoms with Crippen LogP contribution in [0.5, 0.6) is 5.95 Å². The lowest BCUT2D eigenvalue weighted by Gasteiger charge is -2.03. The molecule has 1 N–H and O–H groups in total. The Labute approximate surface area is 96.2 Å². The fourth-order valence-electron chi connectivity index (χ4n) is 1.45. The van der Waals surface area contributed by atoms with Gasteiger partial charge in [0.15, 0.2) is 12.0 Å². The van der Waals surface area contributed by atoms with E-state index in [4.69, 9.17) is 14.3 Å². The monoisotopic (exact) mass is 234 g/mol. The number of rotatable bonds is 3. The number of aliphatic carboxylic acids is 1. The first kappa shape index (κ1) is 11.2. The Morgan fingerprint density at radius 1 is 1.41 bits per heavy atom. The highest BCUT2D eigenvalue weighted by atomic mass is 16.6. The molecule has 0 spiro atoms. The molecule has 0 saturated carbocycles. The Morgan fingerprint density at radius 3 is 2.88 bits per heavy atom. The number of aryl methyl sites for hydroxylation is 1. The number of hydrogen-bond acceptors (Lipinski definition) is 4. The Kier molecular flexibility index (Phi) is 2.82. The molecule has 5 nitrogen and oxygen atoms in total. The molecule has 1 heterocycles. The number of fused-ring (bicyclic) bond motifs is 1. The zero-order chi connectivity index (χ0) is 12.4. The van der Waals surface area contributed by atoms with Crippen LogP contribution in [0.1, 0.15) is 5.56 Å². The average Bonchev–Trinajstić information content (AvgIpc) is 2.27. The van der Waals surface area contributed by atoms with Gasteiger partial charge in [0.2, 0.25) is 0 Å². The third-order valence-electron chi connectivity index (χ3n) is 2.20. The Bertz CT molecular complexity index is 626. The molecule has 0 saturated heterocycles. The van der Waals surface area contributed by atoms with Crippen LogP contribution >= 0.6 is 0 Å². The maximum atomic E-state index is 11.7. The van der Waals surface area contributed by atoms with Gasteiger partial charge in [0, 0.05) is 0 Å². The summed E-state index contributed by atoms with van der Waals surface area (Å²) in [5.74, 6) is -1.22. The molecule has 0 atom stereocenters. The second-order valence-electron chi connectivity index (χ2n) is 3.61. The zero-order valence-electron chi connectivity index (χ0n) is 9.10. The van der Waals surface area contributed by atoms with Crippen LogP contribution in [0.4, 0.5) is 0 Å². The predicted molar refractivity (Wildman–Crippen MR) is 60.4 cm³/mol. The predicted octanol–water partition coefficient (Wildman–Crippen LogP) is 1.56. The minimum absolute atomic E-state index is 0.0891. The van der Waals surface area contributed by atoms with Crippen molar-refractivity contribution in [1.29, 1.82) is 0 Å². The fraction of sp³-hybridized carbons (Fsp3) is 0.167. The lowest BCUT2D eigenvalue weighted by molar-refractivity contribution is -0.139. The highest BCUT2D eigenvalue weighted by molar-refractivity contribution is 5.77. The Balaban J connectivity index is 2.45. The van der Waals surface area contributed by atoms with Gasteiger partial charge in [-0.25, -0.2) is 4.79 Å². The summed E-state index contributed by atoms with van der Waals surface area (Å²) in [7, 11) is 0. The van der Waals surface area contributed by atoms with Crippen molar-refractivity contribution in [3.63, 3.8) is 0 Å². The number of carboxylic acid groups (broad SMARTS) is 1. The number of benzene rings is 1. The van der Waals surface area contributed by atoms with Gasteiger partial charge in [-0.1, -0.05) is 11.6 Å². The van der Waals surface area contributed by atoms with Gasteiger partial charge in [-0.3, -0.25) is 4.79 Å². The molecule has 5 heteroatoms. The highest BCUT2D eigenvalue weighted by Gasteiger charge is 2.07. The molecule has 2 aromatic rings. The van der Waals surface area contributed by atoms with Crippen molar-refractivity contribution in [3.8, 4) is 5.95 Å². The summed E-state index contributed by atoms with van der Waals surface area (Å²) in [6, 6.07) is 6.30. The van der Waals surface area contributed by atoms with Gasteiger partial charge < -0.3 is 14.3 Å². The first-order chi connectivity index (χ1) is 8.06. The van der Waals surface area contributed by atoms with Crippen LogP contribution in [0.2, 0.25) is 0 Å². The molecule has 0 aliphatic carbocycles. The molecule has 0 amide bonds. The smallest absolute Gasteiger partial charge is 0.341 e. The third-order valence-corrected chi connectivity index (χ3v) is 2.20. The van der Waals surface area contributed by atoms with Crippen molar-refractivity contribution in [1.82, 2.24) is 0 Å². The molecule has 0 bridgehead atoms. The molecule has 1 aromatic heterocycles. The summed E-state index contributed by atoms with van der Waals surface area (Å²) in [5, 5.41) is 8.90. The summed E-state index contributed by atoms with van der Waals surface area (Å²) in [5.41, 5.74) is 1.07. The minimum Gasteiger partial charge on any atom is -0.479 e. The number of ether oxygens (including phenoxy) is 1. The largest absolute Gasteiger partial charge is 0.479 e. The number of carbonyl (C=O) groups is 1. The summed E-state index contributed by atoms with van der Waals surface area (Å²) in [6.45, 7) is 1.33. The van der Waals surface area contributed by atoms with Gasteiger partial charge in [-0.05, 0) is 19.1 Å². The van der Waals surface area contributed by atoms with E-state index >= 15 is 0 Å². The van der Waals surface area contributed by atoms with Crippen LogP contribution in [0.25, 0.3) is 11.0 Å². The van der Waals surface area contributed by atoms with E-state index in [0.29, 0.717) is 11.0 Å².